The summed E-state index contributed by atoms with van der Waals surface area (Å²) in [4.78, 5) is 4.59. The third kappa shape index (κ3) is 5.97. The fourth-order valence-corrected chi connectivity index (χ4v) is 3.94. The number of hydrogen-bond acceptors (Lipinski definition) is 8. The lowest BCUT2D eigenvalue weighted by atomic mass is 10.2. The second-order valence-electron chi connectivity index (χ2n) is 7.66. The van der Waals surface area contributed by atoms with Gasteiger partial charge in [0.15, 0.2) is 11.5 Å². The molecule has 1 aliphatic rings. The molecule has 1 heterocycles. The Morgan fingerprint density at radius 1 is 0.844 bits per heavy atom. The van der Waals surface area contributed by atoms with Gasteiger partial charge in [0.05, 0.1) is 53.4 Å². The van der Waals surface area contributed by atoms with E-state index in [4.69, 9.17) is 23.7 Å². The Morgan fingerprint density at radius 3 is 2.06 bits per heavy atom. The fourth-order valence-electron chi connectivity index (χ4n) is 3.94. The number of rotatable bonds is 11. The summed E-state index contributed by atoms with van der Waals surface area (Å²) < 4.78 is 27.3. The van der Waals surface area contributed by atoms with Gasteiger partial charge in [-0.25, -0.2) is 0 Å². The number of benzene rings is 2. The van der Waals surface area contributed by atoms with E-state index >= 15 is 0 Å². The van der Waals surface area contributed by atoms with Crippen molar-refractivity contribution >= 4 is 5.69 Å². The number of piperazine rings is 1. The van der Waals surface area contributed by atoms with E-state index in [0.29, 0.717) is 30.4 Å². The van der Waals surface area contributed by atoms with Crippen molar-refractivity contribution in [3.8, 4) is 23.0 Å². The van der Waals surface area contributed by atoms with E-state index in [2.05, 4.69) is 15.9 Å². The molecule has 0 spiro atoms. The van der Waals surface area contributed by atoms with Gasteiger partial charge in [-0.2, -0.15) is 0 Å². The number of anilines is 1. The lowest BCUT2D eigenvalue weighted by molar-refractivity contribution is 0.00904. The molecule has 1 N–H and O–H groups in total. The number of nitrogens with zero attached hydrogens (tertiary/aromatic N) is 2. The number of methoxy groups -OCH3 is 4. The first kappa shape index (κ1) is 24.0. The number of aliphatic hydroxyl groups excluding tert-OH is 1. The zero-order valence-corrected chi connectivity index (χ0v) is 19.4. The quantitative estimate of drug-likeness (QED) is 0.564. The molecule has 1 atom stereocenters. The van der Waals surface area contributed by atoms with E-state index in [1.54, 1.807) is 28.4 Å². The Balaban J connectivity index is 1.45. The van der Waals surface area contributed by atoms with E-state index in [9.17, 15) is 5.11 Å². The second kappa shape index (κ2) is 11.8. The molecule has 0 amide bonds. The minimum absolute atomic E-state index is 0.253. The molecule has 0 aliphatic carbocycles. The Kier molecular flexibility index (Phi) is 8.84. The van der Waals surface area contributed by atoms with Gasteiger partial charge in [-0.3, -0.25) is 4.90 Å². The first-order chi connectivity index (χ1) is 15.6. The third-order valence-corrected chi connectivity index (χ3v) is 5.57. The van der Waals surface area contributed by atoms with Crippen LogP contribution in [0.4, 0.5) is 5.69 Å². The third-order valence-electron chi connectivity index (χ3n) is 5.57. The number of aliphatic hydroxyl groups is 1. The molecule has 0 radical (unpaired) electrons. The molecule has 3 rings (SSSR count). The van der Waals surface area contributed by atoms with Crippen molar-refractivity contribution in [3.63, 3.8) is 0 Å². The van der Waals surface area contributed by atoms with Crippen LogP contribution in [0.25, 0.3) is 0 Å². The van der Waals surface area contributed by atoms with Gasteiger partial charge in [0, 0.05) is 32.7 Å². The van der Waals surface area contributed by atoms with Crippen molar-refractivity contribution in [2.24, 2.45) is 0 Å². The first-order valence-corrected chi connectivity index (χ1v) is 10.7. The van der Waals surface area contributed by atoms with Gasteiger partial charge >= 0.3 is 0 Å². The van der Waals surface area contributed by atoms with E-state index in [-0.39, 0.29) is 6.61 Å². The minimum Gasteiger partial charge on any atom is -0.495 e. The highest BCUT2D eigenvalue weighted by Crippen LogP contribution is 2.38. The maximum atomic E-state index is 10.5. The second-order valence-corrected chi connectivity index (χ2v) is 7.66. The Labute approximate surface area is 190 Å². The van der Waals surface area contributed by atoms with Crippen LogP contribution in [0, 0.1) is 0 Å². The van der Waals surface area contributed by atoms with Crippen molar-refractivity contribution in [2.45, 2.75) is 12.7 Å². The predicted octanol–water partition coefficient (Wildman–Crippen LogP) is 2.42. The molecule has 32 heavy (non-hydrogen) atoms. The van der Waals surface area contributed by atoms with Crippen LogP contribution < -0.4 is 23.8 Å². The van der Waals surface area contributed by atoms with Crippen LogP contribution in [0.2, 0.25) is 0 Å². The van der Waals surface area contributed by atoms with Gasteiger partial charge in [0.2, 0.25) is 5.75 Å². The van der Waals surface area contributed by atoms with Crippen LogP contribution in [0.5, 0.6) is 23.0 Å². The van der Waals surface area contributed by atoms with E-state index in [1.807, 2.05) is 30.3 Å². The van der Waals surface area contributed by atoms with Gasteiger partial charge in [-0.1, -0.05) is 12.1 Å². The molecule has 0 aromatic heterocycles. The average Bonchev–Trinajstić information content (AvgIpc) is 2.83. The van der Waals surface area contributed by atoms with Crippen molar-refractivity contribution in [2.75, 3.05) is 72.7 Å². The van der Waals surface area contributed by atoms with Crippen LogP contribution in [0.15, 0.2) is 36.4 Å². The van der Waals surface area contributed by atoms with Crippen LogP contribution in [0.3, 0.4) is 0 Å². The highest BCUT2D eigenvalue weighted by Gasteiger charge is 2.21. The number of β-amino-alcohol motifs (C(OH)–C–C–N with tert-alkyl or cyclic N) is 1. The van der Waals surface area contributed by atoms with Crippen molar-refractivity contribution in [3.05, 3.63) is 42.0 Å². The molecule has 0 saturated carbocycles. The zero-order chi connectivity index (χ0) is 22.9. The molecule has 8 heteroatoms. The fraction of sp³-hybridized carbons (Fsp3) is 0.500. The van der Waals surface area contributed by atoms with Gasteiger partial charge < -0.3 is 33.7 Å². The van der Waals surface area contributed by atoms with Crippen molar-refractivity contribution in [1.82, 2.24) is 4.90 Å². The summed E-state index contributed by atoms with van der Waals surface area (Å²) >= 11 is 0. The normalized spacial score (nSPS) is 15.3. The summed E-state index contributed by atoms with van der Waals surface area (Å²) in [7, 11) is 6.44. The molecule has 176 valence electrons. The Bertz CT molecular complexity index is 829. The summed E-state index contributed by atoms with van der Waals surface area (Å²) in [6, 6.07) is 11.8. The number of para-hydroxylation sites is 2. The highest BCUT2D eigenvalue weighted by atomic mass is 16.5. The van der Waals surface area contributed by atoms with Crippen LogP contribution in [0.1, 0.15) is 5.56 Å². The average molecular weight is 447 g/mol. The molecule has 1 aliphatic heterocycles. The van der Waals surface area contributed by atoms with Gasteiger partial charge in [0.25, 0.3) is 0 Å². The molecule has 2 aromatic rings. The predicted molar refractivity (Wildman–Crippen MR) is 123 cm³/mol. The summed E-state index contributed by atoms with van der Waals surface area (Å²) in [5.74, 6) is 2.60. The van der Waals surface area contributed by atoms with Crippen molar-refractivity contribution < 1.29 is 28.8 Å². The number of hydrogen-bond donors (Lipinski definition) is 1. The van der Waals surface area contributed by atoms with Gasteiger partial charge in [-0.05, 0) is 29.8 Å². The molecule has 1 fully saturated rings. The minimum atomic E-state index is -0.560. The van der Waals surface area contributed by atoms with E-state index < -0.39 is 6.10 Å². The summed E-state index contributed by atoms with van der Waals surface area (Å²) in [6.45, 7) is 4.70. The van der Waals surface area contributed by atoms with Gasteiger partial charge in [0.1, 0.15) is 5.75 Å². The maximum Gasteiger partial charge on any atom is 0.203 e. The lowest BCUT2D eigenvalue weighted by Gasteiger charge is -2.37. The van der Waals surface area contributed by atoms with E-state index in [0.717, 1.165) is 43.2 Å². The summed E-state index contributed by atoms with van der Waals surface area (Å²) in [5.41, 5.74) is 2.00. The lowest BCUT2D eigenvalue weighted by Crippen LogP contribution is -2.49. The standard InChI is InChI=1S/C24H34N2O6/c1-28-21-8-6-5-7-20(21)26-11-9-25(10-12-26)15-19(27)17-32-16-18-13-22(29-2)24(31-4)23(14-18)30-3/h5-8,13-14,19,27H,9-12,15-17H2,1-4H3/t19-/m1/s1. The van der Waals surface area contributed by atoms with Crippen LogP contribution in [-0.4, -0.2) is 83.9 Å². The Hall–Kier alpha value is -2.68. The largest absolute Gasteiger partial charge is 0.495 e. The molecule has 0 unspecified atom stereocenters. The molecule has 2 aromatic carbocycles. The highest BCUT2D eigenvalue weighted by molar-refractivity contribution is 5.58. The number of ether oxygens (including phenoxy) is 5. The first-order valence-electron chi connectivity index (χ1n) is 10.7. The van der Waals surface area contributed by atoms with Crippen LogP contribution >= 0.6 is 0 Å². The summed E-state index contributed by atoms with van der Waals surface area (Å²) in [5, 5.41) is 10.5. The maximum absolute atomic E-state index is 10.5. The van der Waals surface area contributed by atoms with Crippen molar-refractivity contribution in [1.29, 1.82) is 0 Å². The molecule has 0 bridgehead atoms. The zero-order valence-electron chi connectivity index (χ0n) is 19.4. The Morgan fingerprint density at radius 2 is 1.47 bits per heavy atom. The van der Waals surface area contributed by atoms with E-state index in [1.165, 1.54) is 0 Å². The molecule has 8 nitrogen and oxygen atoms in total. The summed E-state index contributed by atoms with van der Waals surface area (Å²) in [6.07, 6.45) is -0.560. The molecule has 1 saturated heterocycles. The topological polar surface area (TPSA) is 72.9 Å². The monoisotopic (exact) mass is 446 g/mol. The van der Waals surface area contributed by atoms with Gasteiger partial charge in [-0.15, -0.1) is 0 Å². The smallest absolute Gasteiger partial charge is 0.203 e. The molecular formula is C24H34N2O6. The molecular weight excluding hydrogens is 412 g/mol. The van der Waals surface area contributed by atoms with Crippen LogP contribution in [-0.2, 0) is 11.3 Å². The SMILES string of the molecule is COc1ccccc1N1CCN(C[C@@H](O)COCc2cc(OC)c(OC)c(OC)c2)CC1.